The first-order valence-electron chi connectivity index (χ1n) is 11.0. The highest BCUT2D eigenvalue weighted by Gasteiger charge is 2.36. The van der Waals surface area contributed by atoms with Gasteiger partial charge in [0, 0.05) is 17.0 Å². The van der Waals surface area contributed by atoms with Crippen LogP contribution in [0.5, 0.6) is 0 Å². The van der Waals surface area contributed by atoms with Crippen molar-refractivity contribution < 1.29 is 14.7 Å². The van der Waals surface area contributed by atoms with Crippen molar-refractivity contribution >= 4 is 11.9 Å². The molecule has 1 rings (SSSR count). The summed E-state index contributed by atoms with van der Waals surface area (Å²) in [5, 5.41) is 15.6. The third-order valence-electron chi connectivity index (χ3n) is 5.91. The van der Waals surface area contributed by atoms with E-state index < -0.39 is 17.4 Å². The fraction of sp³-hybridized carbons (Fsp3) is 0.538. The Morgan fingerprint density at radius 1 is 1.00 bits per heavy atom. The Bertz CT molecular complexity index is 779. The Morgan fingerprint density at radius 3 is 2.03 bits per heavy atom. The molecule has 0 aliphatic heterocycles. The van der Waals surface area contributed by atoms with Crippen LogP contribution in [0.25, 0.3) is 0 Å². The zero-order chi connectivity index (χ0) is 23.8. The number of hydrogen-bond acceptors (Lipinski definition) is 3. The van der Waals surface area contributed by atoms with Gasteiger partial charge in [0.1, 0.15) is 0 Å². The van der Waals surface area contributed by atoms with Crippen LogP contribution in [0.2, 0.25) is 0 Å². The van der Waals surface area contributed by atoms with E-state index in [0.29, 0.717) is 5.57 Å². The monoisotopic (exact) mass is 428 g/mol. The maximum atomic E-state index is 13.3. The number of carbonyl (C=O) groups is 2. The molecule has 0 aromatic heterocycles. The number of carbonyl (C=O) groups excluding carboxylic acids is 1. The van der Waals surface area contributed by atoms with Gasteiger partial charge >= 0.3 is 5.97 Å². The molecule has 3 unspecified atom stereocenters. The van der Waals surface area contributed by atoms with E-state index in [2.05, 4.69) is 52.2 Å². The van der Waals surface area contributed by atoms with Crippen LogP contribution in [0.4, 0.5) is 0 Å². The number of likely N-dealkylation sites (N-methyl/N-ethyl adjacent to an activating group) is 1. The van der Waals surface area contributed by atoms with Gasteiger partial charge in [-0.1, -0.05) is 90.1 Å². The molecular weight excluding hydrogens is 388 g/mol. The number of carboxylic acid groups (broad SMARTS) is 1. The molecule has 0 aliphatic rings. The average molecular weight is 429 g/mol. The third-order valence-corrected chi connectivity index (χ3v) is 5.91. The first-order chi connectivity index (χ1) is 14.4. The SMILES string of the molecule is CNC(C(=O)NC(/C=C/C(/C=C(\C)C(=O)O)C(C)C)C(C)C)C(C)(C)c1ccccc1. The number of rotatable bonds is 11. The molecule has 31 heavy (non-hydrogen) atoms. The van der Waals surface area contributed by atoms with E-state index in [-0.39, 0.29) is 29.7 Å². The molecule has 0 bridgehead atoms. The Balaban J connectivity index is 3.08. The molecule has 3 atom stereocenters. The molecule has 5 nitrogen and oxygen atoms in total. The Morgan fingerprint density at radius 2 is 1.58 bits per heavy atom. The standard InChI is InChI=1S/C26H40N2O3/c1-17(2)20(16-19(5)25(30)31)14-15-22(18(3)4)28-24(29)23(27-8)26(6,7)21-12-10-9-11-13-21/h9-18,20,22-23,27H,1-8H3,(H,28,29)(H,30,31)/b15-14+,19-16+. The summed E-state index contributed by atoms with van der Waals surface area (Å²) in [4.78, 5) is 24.5. The number of carboxylic acids is 1. The van der Waals surface area contributed by atoms with E-state index in [1.165, 1.54) is 0 Å². The molecule has 0 saturated carbocycles. The van der Waals surface area contributed by atoms with Gasteiger partial charge in [-0.05, 0) is 37.3 Å². The van der Waals surface area contributed by atoms with E-state index in [1.807, 2.05) is 49.5 Å². The molecule has 0 fully saturated rings. The molecule has 0 heterocycles. The summed E-state index contributed by atoms with van der Waals surface area (Å²) >= 11 is 0. The summed E-state index contributed by atoms with van der Waals surface area (Å²) in [6.45, 7) is 14.0. The predicted molar refractivity (Wildman–Crippen MR) is 128 cm³/mol. The lowest BCUT2D eigenvalue weighted by Gasteiger charge is -2.35. The molecule has 0 radical (unpaired) electrons. The van der Waals surface area contributed by atoms with Gasteiger partial charge < -0.3 is 15.7 Å². The quantitative estimate of drug-likeness (QED) is 0.357. The van der Waals surface area contributed by atoms with Crippen molar-refractivity contribution in [1.29, 1.82) is 0 Å². The van der Waals surface area contributed by atoms with Crippen LogP contribution in [-0.4, -0.2) is 36.1 Å². The highest BCUT2D eigenvalue weighted by atomic mass is 16.4. The molecule has 0 aliphatic carbocycles. The second-order valence-corrected chi connectivity index (χ2v) is 9.45. The minimum absolute atomic E-state index is 0.0184. The number of aliphatic carboxylic acids is 1. The van der Waals surface area contributed by atoms with Crippen molar-refractivity contribution in [1.82, 2.24) is 10.6 Å². The van der Waals surface area contributed by atoms with Gasteiger partial charge in [-0.3, -0.25) is 4.79 Å². The lowest BCUT2D eigenvalue weighted by atomic mass is 9.77. The molecule has 1 aromatic rings. The summed E-state index contributed by atoms with van der Waals surface area (Å²) < 4.78 is 0. The maximum Gasteiger partial charge on any atom is 0.330 e. The van der Waals surface area contributed by atoms with Crippen molar-refractivity contribution in [3.05, 3.63) is 59.7 Å². The van der Waals surface area contributed by atoms with Crippen LogP contribution >= 0.6 is 0 Å². The van der Waals surface area contributed by atoms with E-state index in [4.69, 9.17) is 0 Å². The fourth-order valence-corrected chi connectivity index (χ4v) is 3.62. The van der Waals surface area contributed by atoms with Crippen molar-refractivity contribution in [2.45, 2.75) is 66.0 Å². The Hall–Kier alpha value is -2.40. The number of benzene rings is 1. The average Bonchev–Trinajstić information content (AvgIpc) is 2.70. The Labute approximate surface area is 188 Å². The largest absolute Gasteiger partial charge is 0.478 e. The molecule has 172 valence electrons. The minimum Gasteiger partial charge on any atom is -0.478 e. The molecule has 1 amide bonds. The second kappa shape index (κ2) is 11.8. The summed E-state index contributed by atoms with van der Waals surface area (Å²) in [6.07, 6.45) is 5.79. The topological polar surface area (TPSA) is 78.4 Å². The van der Waals surface area contributed by atoms with Gasteiger partial charge in [-0.2, -0.15) is 0 Å². The van der Waals surface area contributed by atoms with Gasteiger partial charge in [0.15, 0.2) is 0 Å². The van der Waals surface area contributed by atoms with Crippen LogP contribution in [-0.2, 0) is 15.0 Å². The highest BCUT2D eigenvalue weighted by molar-refractivity contribution is 5.86. The first-order valence-corrected chi connectivity index (χ1v) is 11.0. The number of amides is 1. The molecule has 1 aromatic carbocycles. The van der Waals surface area contributed by atoms with Crippen LogP contribution in [0.3, 0.4) is 0 Å². The zero-order valence-electron chi connectivity index (χ0n) is 20.3. The summed E-state index contributed by atoms with van der Waals surface area (Å²) in [5.41, 5.74) is 1.02. The van der Waals surface area contributed by atoms with Gasteiger partial charge in [-0.25, -0.2) is 4.79 Å². The van der Waals surface area contributed by atoms with Crippen LogP contribution in [0.1, 0.15) is 54.0 Å². The lowest BCUT2D eigenvalue weighted by molar-refractivity contribution is -0.132. The van der Waals surface area contributed by atoms with E-state index in [9.17, 15) is 14.7 Å². The van der Waals surface area contributed by atoms with Crippen LogP contribution < -0.4 is 10.6 Å². The van der Waals surface area contributed by atoms with E-state index in [1.54, 1.807) is 13.0 Å². The zero-order valence-corrected chi connectivity index (χ0v) is 20.3. The summed E-state index contributed by atoms with van der Waals surface area (Å²) in [6, 6.07) is 9.47. The minimum atomic E-state index is -0.909. The maximum absolute atomic E-state index is 13.3. The molecular formula is C26H40N2O3. The van der Waals surface area contributed by atoms with Crippen molar-refractivity contribution in [3.8, 4) is 0 Å². The predicted octanol–water partition coefficient (Wildman–Crippen LogP) is 4.55. The number of allylic oxidation sites excluding steroid dienone is 2. The molecule has 0 saturated heterocycles. The van der Waals surface area contributed by atoms with Crippen LogP contribution in [0.15, 0.2) is 54.1 Å². The molecule has 5 heteroatoms. The Kier molecular flexibility index (Phi) is 10.2. The lowest BCUT2D eigenvalue weighted by Crippen LogP contribution is -2.55. The highest BCUT2D eigenvalue weighted by Crippen LogP contribution is 2.27. The summed E-state index contributed by atoms with van der Waals surface area (Å²) in [7, 11) is 1.81. The van der Waals surface area contributed by atoms with Crippen molar-refractivity contribution in [2.24, 2.45) is 17.8 Å². The third kappa shape index (κ3) is 7.66. The number of nitrogens with one attached hydrogen (secondary N) is 2. The van der Waals surface area contributed by atoms with E-state index in [0.717, 1.165) is 5.56 Å². The van der Waals surface area contributed by atoms with Gasteiger partial charge in [0.25, 0.3) is 0 Å². The van der Waals surface area contributed by atoms with Crippen LogP contribution in [0, 0.1) is 17.8 Å². The van der Waals surface area contributed by atoms with Crippen molar-refractivity contribution in [3.63, 3.8) is 0 Å². The second-order valence-electron chi connectivity index (χ2n) is 9.45. The fourth-order valence-electron chi connectivity index (χ4n) is 3.62. The van der Waals surface area contributed by atoms with Gasteiger partial charge in [-0.15, -0.1) is 0 Å². The van der Waals surface area contributed by atoms with Gasteiger partial charge in [0.2, 0.25) is 5.91 Å². The molecule has 0 spiro atoms. The number of hydrogen-bond donors (Lipinski definition) is 3. The van der Waals surface area contributed by atoms with Crippen molar-refractivity contribution in [2.75, 3.05) is 7.05 Å². The molecule has 3 N–H and O–H groups in total. The summed E-state index contributed by atoms with van der Waals surface area (Å²) in [5.74, 6) is -0.549. The normalized spacial score (nSPS) is 15.9. The smallest absolute Gasteiger partial charge is 0.330 e. The van der Waals surface area contributed by atoms with Gasteiger partial charge in [0.05, 0.1) is 6.04 Å². The first kappa shape index (κ1) is 26.6. The van der Waals surface area contributed by atoms with E-state index >= 15 is 0 Å².